The Morgan fingerprint density at radius 1 is 1.06 bits per heavy atom. The van der Waals surface area contributed by atoms with Gasteiger partial charge in [0, 0.05) is 5.56 Å². The molecular weight excluding hydrogens is 661 g/mol. The Labute approximate surface area is 275 Å². The lowest BCUT2D eigenvalue weighted by molar-refractivity contribution is -0.715. The lowest BCUT2D eigenvalue weighted by atomic mass is 9.98. The van der Waals surface area contributed by atoms with E-state index in [0.29, 0.717) is 5.56 Å². The molecule has 0 unspecified atom stereocenters. The van der Waals surface area contributed by atoms with Gasteiger partial charge < -0.3 is 19.5 Å². The Hall–Kier alpha value is -4.87. The summed E-state index contributed by atoms with van der Waals surface area (Å²) in [6.07, 6.45) is -6.07. The average molecular weight is 699 g/mol. The van der Waals surface area contributed by atoms with Crippen molar-refractivity contribution in [1.29, 1.82) is 0 Å². The number of carbonyl (C=O) groups excluding carboxylic acids is 2. The maximum Gasteiger partial charge on any atom is 0.435 e. The number of esters is 1. The van der Waals surface area contributed by atoms with Gasteiger partial charge in [-0.15, -0.1) is 5.01 Å². The lowest BCUT2D eigenvalue weighted by Gasteiger charge is -2.26. The van der Waals surface area contributed by atoms with Crippen LogP contribution < -0.4 is 4.72 Å². The van der Waals surface area contributed by atoms with Gasteiger partial charge in [-0.05, 0) is 63.9 Å². The van der Waals surface area contributed by atoms with Crippen molar-refractivity contribution in [2.75, 3.05) is 20.4 Å². The average Bonchev–Trinajstić information content (AvgIpc) is 3.45. The number of hydrazine groups is 1. The van der Waals surface area contributed by atoms with Crippen molar-refractivity contribution in [2.24, 2.45) is 16.6 Å². The Bertz CT molecular complexity index is 1720. The molecule has 2 aromatic carbocycles. The first-order valence-electron chi connectivity index (χ1n) is 14.4. The SMILES string of the molecule is Cc1ccc(-c2cc(C(F)(F)F)nn2-c2ccc(S(=O)(=O)NC(=O)OC[C@H](C(C)C)N(C)[N+]([O-])=NOCOC(=O)C(C)(C)C)cc2)cc1. The number of ether oxygens (including phenoxy) is 2. The Morgan fingerprint density at radius 3 is 2.21 bits per heavy atom. The number of likely N-dealkylation sites (N-methyl/N-ethyl adjacent to an activating group) is 1. The van der Waals surface area contributed by atoms with Gasteiger partial charge >= 0.3 is 18.2 Å². The summed E-state index contributed by atoms with van der Waals surface area (Å²) < 4.78 is 79.1. The molecule has 1 aromatic heterocycles. The van der Waals surface area contributed by atoms with Crippen LogP contribution >= 0.6 is 0 Å². The summed E-state index contributed by atoms with van der Waals surface area (Å²) in [6, 6.07) is 11.5. The highest BCUT2D eigenvalue weighted by Crippen LogP contribution is 2.33. The van der Waals surface area contributed by atoms with Gasteiger partial charge in [-0.1, -0.05) is 43.7 Å². The van der Waals surface area contributed by atoms with Crippen molar-refractivity contribution in [3.8, 4) is 16.9 Å². The van der Waals surface area contributed by atoms with Crippen LogP contribution in [0.5, 0.6) is 0 Å². The molecule has 0 bridgehead atoms. The second-order valence-electron chi connectivity index (χ2n) is 12.0. The summed E-state index contributed by atoms with van der Waals surface area (Å²) in [6.45, 7) is 9.10. The van der Waals surface area contributed by atoms with Gasteiger partial charge in [0.2, 0.25) is 5.28 Å². The fraction of sp³-hybridized carbons (Fsp3) is 0.433. The molecule has 262 valence electrons. The molecule has 1 N–H and O–H groups in total. The molecule has 0 radical (unpaired) electrons. The van der Waals surface area contributed by atoms with E-state index in [9.17, 15) is 36.4 Å². The maximum absolute atomic E-state index is 13.5. The highest BCUT2D eigenvalue weighted by molar-refractivity contribution is 7.90. The molecule has 1 atom stereocenters. The van der Waals surface area contributed by atoms with Crippen molar-refractivity contribution in [3.05, 3.63) is 71.1 Å². The normalized spacial score (nSPS) is 13.2. The number of halogens is 3. The smallest absolute Gasteiger partial charge is 0.435 e. The summed E-state index contributed by atoms with van der Waals surface area (Å²) in [5, 5.41) is 20.4. The number of amides is 1. The summed E-state index contributed by atoms with van der Waals surface area (Å²) in [5.41, 5.74) is -0.298. The van der Waals surface area contributed by atoms with Crippen LogP contribution in [-0.4, -0.2) is 66.7 Å². The van der Waals surface area contributed by atoms with Gasteiger partial charge in [0.1, 0.15) is 12.6 Å². The zero-order valence-electron chi connectivity index (χ0n) is 27.3. The summed E-state index contributed by atoms with van der Waals surface area (Å²) in [5.74, 6) is -0.874. The first-order chi connectivity index (χ1) is 22.2. The molecule has 18 heteroatoms. The van der Waals surface area contributed by atoms with Crippen LogP contribution in [0.1, 0.15) is 45.9 Å². The van der Waals surface area contributed by atoms with Crippen LogP contribution in [0.3, 0.4) is 0 Å². The summed E-state index contributed by atoms with van der Waals surface area (Å²) in [4.78, 5) is 28.7. The standard InChI is InChI=1S/C30H37F3N6O8S/c1-19(2)25(37(7)39(42)36-47-18-46-27(40)29(4,5)6)17-45-28(41)35-48(43,44)23-14-12-22(13-15-23)38-24(16-26(34-38)30(31,32)33)21-10-8-20(3)9-11-21/h8-16,19,25H,17-18H2,1-7H3,(H,35,41)/t25-/m1/s1. The number of aryl methyl sites for hydroxylation is 1. The molecular formula is C30H37F3N6O8S. The van der Waals surface area contributed by atoms with E-state index < -0.39 is 58.8 Å². The molecule has 0 aliphatic rings. The molecule has 0 saturated carbocycles. The monoisotopic (exact) mass is 698 g/mol. The number of alkyl halides is 3. The second kappa shape index (κ2) is 14.9. The lowest BCUT2D eigenvalue weighted by Crippen LogP contribution is -2.45. The number of hydrogen-bond donors (Lipinski definition) is 1. The number of nitrogens with one attached hydrogen (secondary N) is 1. The van der Waals surface area contributed by atoms with Crippen molar-refractivity contribution in [1.82, 2.24) is 19.5 Å². The number of sulfonamides is 1. The first-order valence-corrected chi connectivity index (χ1v) is 15.9. The molecule has 14 nitrogen and oxygen atoms in total. The number of carbonyl (C=O) groups is 2. The molecule has 0 aliphatic heterocycles. The minimum atomic E-state index is -4.72. The fourth-order valence-corrected chi connectivity index (χ4v) is 4.95. The highest BCUT2D eigenvalue weighted by atomic mass is 32.2. The van der Waals surface area contributed by atoms with Crippen LogP contribution in [-0.2, 0) is 35.3 Å². The second-order valence-corrected chi connectivity index (χ2v) is 13.7. The minimum absolute atomic E-state index is 0.0522. The Morgan fingerprint density at radius 2 is 1.67 bits per heavy atom. The molecule has 48 heavy (non-hydrogen) atoms. The molecule has 3 rings (SSSR count). The number of hydrogen-bond acceptors (Lipinski definition) is 10. The van der Waals surface area contributed by atoms with Crippen LogP contribution in [0.25, 0.3) is 16.9 Å². The maximum atomic E-state index is 13.5. The van der Waals surface area contributed by atoms with Crippen LogP contribution in [0.15, 0.2) is 64.8 Å². The summed E-state index contributed by atoms with van der Waals surface area (Å²) in [7, 11) is -3.15. The van der Waals surface area contributed by atoms with E-state index in [1.54, 1.807) is 63.6 Å². The van der Waals surface area contributed by atoms with Crippen LogP contribution in [0, 0.1) is 23.5 Å². The van der Waals surface area contributed by atoms with E-state index in [0.717, 1.165) is 33.5 Å². The third-order valence-corrected chi connectivity index (χ3v) is 8.17. The molecule has 3 aromatic rings. The van der Waals surface area contributed by atoms with E-state index in [-0.39, 0.29) is 27.2 Å². The molecule has 1 heterocycles. The number of nitrogens with zero attached hydrogens (tertiary/aromatic N) is 5. The zero-order chi connectivity index (χ0) is 36.0. The van der Waals surface area contributed by atoms with Crippen molar-refractivity contribution < 1.29 is 50.5 Å². The first kappa shape index (κ1) is 37.6. The van der Waals surface area contributed by atoms with Crippen LogP contribution in [0.4, 0.5) is 18.0 Å². The van der Waals surface area contributed by atoms with E-state index in [4.69, 9.17) is 14.3 Å². The predicted octanol–water partition coefficient (Wildman–Crippen LogP) is 5.59. The third-order valence-electron chi connectivity index (χ3n) is 6.84. The van der Waals surface area contributed by atoms with Gasteiger partial charge in [-0.3, -0.25) is 4.79 Å². The van der Waals surface area contributed by atoms with E-state index in [1.165, 1.54) is 19.2 Å². The Balaban J connectivity index is 1.68. The minimum Gasteiger partial charge on any atom is -0.569 e. The highest BCUT2D eigenvalue weighted by Gasteiger charge is 2.35. The third kappa shape index (κ3) is 9.82. The molecule has 0 fully saturated rings. The van der Waals surface area contributed by atoms with Gasteiger partial charge in [-0.2, -0.15) is 18.3 Å². The zero-order valence-corrected chi connectivity index (χ0v) is 28.1. The number of benzene rings is 2. The van der Waals surface area contributed by atoms with Crippen LogP contribution in [0.2, 0.25) is 0 Å². The fourth-order valence-electron chi connectivity index (χ4n) is 4.06. The van der Waals surface area contributed by atoms with Gasteiger partial charge in [0.15, 0.2) is 5.69 Å². The molecule has 0 spiro atoms. The van der Waals surface area contributed by atoms with Gasteiger partial charge in [-0.25, -0.2) is 22.6 Å². The molecule has 0 saturated heterocycles. The number of rotatable bonds is 12. The quantitative estimate of drug-likeness (QED) is 0.0629. The predicted molar refractivity (Wildman–Crippen MR) is 164 cm³/mol. The van der Waals surface area contributed by atoms with Crippen molar-refractivity contribution in [2.45, 2.75) is 58.7 Å². The van der Waals surface area contributed by atoms with Gasteiger partial charge in [0.05, 0.1) is 33.7 Å². The topological polar surface area (TPSA) is 167 Å². The Kier molecular flexibility index (Phi) is 11.7. The van der Waals surface area contributed by atoms with E-state index in [2.05, 4.69) is 10.4 Å². The van der Waals surface area contributed by atoms with Crippen molar-refractivity contribution in [3.63, 3.8) is 0 Å². The van der Waals surface area contributed by atoms with Crippen molar-refractivity contribution >= 4 is 22.1 Å². The summed E-state index contributed by atoms with van der Waals surface area (Å²) >= 11 is 0. The number of aromatic nitrogens is 2. The molecule has 1 amide bonds. The van der Waals surface area contributed by atoms with E-state index in [1.807, 2.05) is 6.92 Å². The molecule has 0 aliphatic carbocycles. The van der Waals surface area contributed by atoms with Gasteiger partial charge in [0.25, 0.3) is 16.8 Å². The largest absolute Gasteiger partial charge is 0.569 e. The van der Waals surface area contributed by atoms with E-state index >= 15 is 0 Å².